The normalized spacial score (nSPS) is 13.3. The lowest BCUT2D eigenvalue weighted by Gasteiger charge is -2.30. The van der Waals surface area contributed by atoms with E-state index in [4.69, 9.17) is 4.42 Å². The molecule has 0 saturated carbocycles. The molecule has 7 aromatic carbocycles. The summed E-state index contributed by atoms with van der Waals surface area (Å²) in [6, 6.07) is 54.8. The van der Waals surface area contributed by atoms with Crippen LogP contribution in [0.3, 0.4) is 0 Å². The summed E-state index contributed by atoms with van der Waals surface area (Å²) < 4.78 is 6.32. The van der Waals surface area contributed by atoms with E-state index in [-0.39, 0.29) is 5.41 Å². The number of anilines is 3. The summed E-state index contributed by atoms with van der Waals surface area (Å²) >= 11 is 0. The highest BCUT2D eigenvalue weighted by Crippen LogP contribution is 2.51. The Balaban J connectivity index is 1.31. The van der Waals surface area contributed by atoms with E-state index in [0.29, 0.717) is 0 Å². The van der Waals surface area contributed by atoms with Crippen LogP contribution in [0.4, 0.5) is 17.1 Å². The van der Waals surface area contributed by atoms with Crippen LogP contribution in [0.2, 0.25) is 0 Å². The average Bonchev–Trinajstić information content (AvgIpc) is 3.57. The van der Waals surface area contributed by atoms with Crippen molar-refractivity contribution < 1.29 is 4.42 Å². The zero-order chi connectivity index (χ0) is 30.1. The van der Waals surface area contributed by atoms with E-state index in [1.165, 1.54) is 33.0 Å². The first-order valence-corrected chi connectivity index (χ1v) is 15.6. The number of nitrogens with zero attached hydrogens (tertiary/aromatic N) is 1. The lowest BCUT2D eigenvalue weighted by atomic mass is 9.82. The third-order valence-electron chi connectivity index (χ3n) is 9.65. The second kappa shape index (κ2) is 9.70. The smallest absolute Gasteiger partial charge is 0.136 e. The van der Waals surface area contributed by atoms with Crippen LogP contribution in [0, 0.1) is 0 Å². The van der Waals surface area contributed by atoms with E-state index in [1.54, 1.807) is 0 Å². The molecule has 0 amide bonds. The minimum atomic E-state index is -0.0994. The maximum absolute atomic E-state index is 6.32. The van der Waals surface area contributed by atoms with Gasteiger partial charge in [-0.3, -0.25) is 0 Å². The molecule has 0 aliphatic heterocycles. The molecular formula is C43H31NO. The van der Waals surface area contributed by atoms with Gasteiger partial charge in [0.25, 0.3) is 0 Å². The molecule has 0 atom stereocenters. The quantitative estimate of drug-likeness (QED) is 0.207. The SMILES string of the molecule is CC1(C)c2ccccc2-c2ccc(N(c3ccc4ccccc4c3)c3ccccc3-c3cccc4oc5ccccc5c34)cc21. The molecule has 0 N–H and O–H groups in total. The molecule has 9 rings (SSSR count). The van der Waals surface area contributed by atoms with Gasteiger partial charge in [0.2, 0.25) is 0 Å². The molecule has 2 heteroatoms. The molecule has 1 heterocycles. The van der Waals surface area contributed by atoms with Crippen LogP contribution in [0.1, 0.15) is 25.0 Å². The van der Waals surface area contributed by atoms with E-state index >= 15 is 0 Å². The fraction of sp³-hybridized carbons (Fsp3) is 0.0698. The highest BCUT2D eigenvalue weighted by Gasteiger charge is 2.36. The van der Waals surface area contributed by atoms with Gasteiger partial charge in [0.1, 0.15) is 11.2 Å². The summed E-state index contributed by atoms with van der Waals surface area (Å²) in [6.45, 7) is 4.70. The van der Waals surface area contributed by atoms with Gasteiger partial charge in [-0.25, -0.2) is 0 Å². The maximum atomic E-state index is 6.32. The summed E-state index contributed by atoms with van der Waals surface area (Å²) in [4.78, 5) is 2.43. The molecule has 0 fully saturated rings. The standard InChI is InChI=1S/C43H31NO/c1-43(2)37-18-8-5-14-32(37)33-25-24-31(27-38(33)43)44(30-23-22-28-12-3-4-13-29(28)26-30)39-19-9-6-15-34(39)35-17-11-21-41-42(35)36-16-7-10-20-40(36)45-41/h3-27H,1-2H3. The summed E-state index contributed by atoms with van der Waals surface area (Å²) in [5.41, 5.74) is 12.8. The predicted octanol–water partition coefficient (Wildman–Crippen LogP) is 12.2. The molecule has 214 valence electrons. The summed E-state index contributed by atoms with van der Waals surface area (Å²) in [5.74, 6) is 0. The van der Waals surface area contributed by atoms with Crippen molar-refractivity contribution in [1.29, 1.82) is 0 Å². The molecule has 45 heavy (non-hydrogen) atoms. The molecular weight excluding hydrogens is 546 g/mol. The molecule has 1 aliphatic rings. The number of rotatable bonds is 4. The van der Waals surface area contributed by atoms with E-state index < -0.39 is 0 Å². The van der Waals surface area contributed by atoms with Gasteiger partial charge < -0.3 is 9.32 Å². The van der Waals surface area contributed by atoms with Crippen LogP contribution in [0.25, 0.3) is 55.0 Å². The molecule has 8 aromatic rings. The lowest BCUT2D eigenvalue weighted by molar-refractivity contribution is 0.660. The van der Waals surface area contributed by atoms with Gasteiger partial charge in [-0.2, -0.15) is 0 Å². The van der Waals surface area contributed by atoms with Gasteiger partial charge in [-0.1, -0.05) is 123 Å². The zero-order valence-electron chi connectivity index (χ0n) is 25.3. The Hall–Kier alpha value is -5.60. The van der Waals surface area contributed by atoms with Crippen molar-refractivity contribution in [3.8, 4) is 22.3 Å². The van der Waals surface area contributed by atoms with Crippen molar-refractivity contribution in [2.75, 3.05) is 4.90 Å². The van der Waals surface area contributed by atoms with Crippen molar-refractivity contribution >= 4 is 49.8 Å². The highest BCUT2D eigenvalue weighted by molar-refractivity contribution is 6.14. The fourth-order valence-electron chi connectivity index (χ4n) is 7.47. The highest BCUT2D eigenvalue weighted by atomic mass is 16.3. The van der Waals surface area contributed by atoms with Gasteiger partial charge >= 0.3 is 0 Å². The molecule has 1 aliphatic carbocycles. The molecule has 1 aromatic heterocycles. The monoisotopic (exact) mass is 577 g/mol. The number of benzene rings is 7. The topological polar surface area (TPSA) is 16.4 Å². The Bertz CT molecular complexity index is 2430. The second-order valence-corrected chi connectivity index (χ2v) is 12.6. The van der Waals surface area contributed by atoms with Gasteiger partial charge in [0, 0.05) is 33.1 Å². The largest absolute Gasteiger partial charge is 0.456 e. The number of para-hydroxylation sites is 2. The van der Waals surface area contributed by atoms with E-state index in [2.05, 4.69) is 164 Å². The van der Waals surface area contributed by atoms with Gasteiger partial charge in [0.15, 0.2) is 0 Å². The minimum Gasteiger partial charge on any atom is -0.456 e. The third-order valence-corrected chi connectivity index (χ3v) is 9.65. The number of hydrogen-bond acceptors (Lipinski definition) is 2. The second-order valence-electron chi connectivity index (χ2n) is 12.6. The minimum absolute atomic E-state index is 0.0994. The first kappa shape index (κ1) is 25.9. The van der Waals surface area contributed by atoms with E-state index in [1.807, 2.05) is 6.07 Å². The maximum Gasteiger partial charge on any atom is 0.136 e. The molecule has 0 spiro atoms. The third kappa shape index (κ3) is 3.89. The van der Waals surface area contributed by atoms with Crippen molar-refractivity contribution in [2.24, 2.45) is 0 Å². The Kier molecular flexibility index (Phi) is 5.58. The number of hydrogen-bond donors (Lipinski definition) is 0. The van der Waals surface area contributed by atoms with Crippen molar-refractivity contribution in [3.63, 3.8) is 0 Å². The van der Waals surface area contributed by atoms with Crippen LogP contribution >= 0.6 is 0 Å². The molecule has 0 unspecified atom stereocenters. The van der Waals surface area contributed by atoms with Gasteiger partial charge in [-0.15, -0.1) is 0 Å². The van der Waals surface area contributed by atoms with Gasteiger partial charge in [-0.05, 0) is 81.1 Å². The molecule has 0 bridgehead atoms. The van der Waals surface area contributed by atoms with Crippen molar-refractivity contribution in [3.05, 3.63) is 163 Å². The van der Waals surface area contributed by atoms with E-state index in [9.17, 15) is 0 Å². The van der Waals surface area contributed by atoms with Crippen LogP contribution in [0.15, 0.2) is 156 Å². The van der Waals surface area contributed by atoms with Crippen LogP contribution < -0.4 is 4.90 Å². The van der Waals surface area contributed by atoms with Crippen LogP contribution in [-0.2, 0) is 5.41 Å². The summed E-state index contributed by atoms with van der Waals surface area (Å²) in [5, 5.41) is 4.72. The Labute approximate surface area is 262 Å². The number of fused-ring (bicyclic) bond motifs is 7. The number of furan rings is 1. The van der Waals surface area contributed by atoms with Crippen LogP contribution in [0.5, 0.6) is 0 Å². The summed E-state index contributed by atoms with van der Waals surface area (Å²) in [6.07, 6.45) is 0. The fourth-order valence-corrected chi connectivity index (χ4v) is 7.47. The first-order chi connectivity index (χ1) is 22.1. The zero-order valence-corrected chi connectivity index (χ0v) is 25.3. The Morgan fingerprint density at radius 3 is 2.02 bits per heavy atom. The molecule has 0 radical (unpaired) electrons. The Morgan fingerprint density at radius 2 is 1.11 bits per heavy atom. The van der Waals surface area contributed by atoms with Gasteiger partial charge in [0.05, 0.1) is 5.69 Å². The Morgan fingerprint density at radius 1 is 0.467 bits per heavy atom. The predicted molar refractivity (Wildman–Crippen MR) is 189 cm³/mol. The van der Waals surface area contributed by atoms with Crippen LogP contribution in [-0.4, -0.2) is 0 Å². The van der Waals surface area contributed by atoms with Crippen molar-refractivity contribution in [1.82, 2.24) is 0 Å². The first-order valence-electron chi connectivity index (χ1n) is 15.6. The summed E-state index contributed by atoms with van der Waals surface area (Å²) in [7, 11) is 0. The molecule has 0 saturated heterocycles. The lowest BCUT2D eigenvalue weighted by Crippen LogP contribution is -2.16. The average molecular weight is 578 g/mol. The van der Waals surface area contributed by atoms with Crippen molar-refractivity contribution in [2.45, 2.75) is 19.3 Å². The molecule has 2 nitrogen and oxygen atoms in total. The van der Waals surface area contributed by atoms with E-state index in [0.717, 1.165) is 50.1 Å².